The third kappa shape index (κ3) is 3.22. The van der Waals surface area contributed by atoms with Crippen LogP contribution in [0.3, 0.4) is 0 Å². The van der Waals surface area contributed by atoms with E-state index in [1.807, 2.05) is 12.1 Å². The highest BCUT2D eigenvalue weighted by Gasteiger charge is 2.14. The Morgan fingerprint density at radius 2 is 1.87 bits per heavy atom. The van der Waals surface area contributed by atoms with E-state index >= 15 is 0 Å². The number of carbonyl (C=O) groups excluding carboxylic acids is 1. The van der Waals surface area contributed by atoms with Gasteiger partial charge in [-0.1, -0.05) is 12.1 Å². The molecule has 2 heterocycles. The number of nitrogens with one attached hydrogen (secondary N) is 1. The Morgan fingerprint density at radius 1 is 1.00 bits per heavy atom. The van der Waals surface area contributed by atoms with Crippen molar-refractivity contribution in [2.24, 2.45) is 0 Å². The summed E-state index contributed by atoms with van der Waals surface area (Å²) in [6.45, 7) is 0. The first-order valence-corrected chi connectivity index (χ1v) is 6.96. The minimum absolute atomic E-state index is 0.297. The Hall–Kier alpha value is -3.52. The molecule has 0 saturated carbocycles. The third-order valence-corrected chi connectivity index (χ3v) is 3.21. The van der Waals surface area contributed by atoms with Crippen LogP contribution in [0.4, 0.5) is 5.69 Å². The first-order chi connectivity index (χ1) is 11.3. The molecule has 0 fully saturated rings. The second kappa shape index (κ2) is 6.50. The average Bonchev–Trinajstić information content (AvgIpc) is 2.62. The Labute approximate surface area is 133 Å². The van der Waals surface area contributed by atoms with Crippen LogP contribution in [0.5, 0.6) is 0 Å². The van der Waals surface area contributed by atoms with E-state index in [1.54, 1.807) is 60.9 Å². The van der Waals surface area contributed by atoms with Crippen LogP contribution in [0.15, 0.2) is 67.0 Å². The summed E-state index contributed by atoms with van der Waals surface area (Å²) in [4.78, 5) is 21.1. The highest BCUT2D eigenvalue weighted by Crippen LogP contribution is 2.20. The number of carbonyl (C=O) groups is 1. The minimum Gasteiger partial charge on any atom is -0.322 e. The SMILES string of the molecule is N#Cc1cccc(NC(=O)c2cccnc2-c2ccccn2)c1. The number of aromatic nitrogens is 2. The molecule has 5 heteroatoms. The molecule has 3 aromatic rings. The van der Waals surface area contributed by atoms with E-state index in [-0.39, 0.29) is 5.91 Å². The maximum absolute atomic E-state index is 12.5. The molecule has 0 aliphatic carbocycles. The quantitative estimate of drug-likeness (QED) is 0.805. The molecule has 2 aromatic heterocycles. The smallest absolute Gasteiger partial charge is 0.257 e. The number of pyridine rings is 2. The fraction of sp³-hybridized carbons (Fsp3) is 0. The van der Waals surface area contributed by atoms with Gasteiger partial charge in [0.2, 0.25) is 0 Å². The van der Waals surface area contributed by atoms with E-state index in [2.05, 4.69) is 15.3 Å². The Kier molecular flexibility index (Phi) is 4.07. The van der Waals surface area contributed by atoms with Crippen molar-refractivity contribution in [2.75, 3.05) is 5.32 Å². The van der Waals surface area contributed by atoms with Gasteiger partial charge in [0.1, 0.15) is 5.69 Å². The maximum atomic E-state index is 12.5. The van der Waals surface area contributed by atoms with Crippen LogP contribution in [0.25, 0.3) is 11.4 Å². The third-order valence-electron chi connectivity index (χ3n) is 3.21. The lowest BCUT2D eigenvalue weighted by Gasteiger charge is -2.09. The summed E-state index contributed by atoms with van der Waals surface area (Å²) in [6.07, 6.45) is 3.28. The largest absolute Gasteiger partial charge is 0.322 e. The van der Waals surface area contributed by atoms with Crippen LogP contribution in [0, 0.1) is 11.3 Å². The summed E-state index contributed by atoms with van der Waals surface area (Å²) in [5, 5.41) is 11.7. The Balaban J connectivity index is 1.93. The fourth-order valence-corrected chi connectivity index (χ4v) is 2.16. The summed E-state index contributed by atoms with van der Waals surface area (Å²) < 4.78 is 0. The maximum Gasteiger partial charge on any atom is 0.257 e. The number of anilines is 1. The minimum atomic E-state index is -0.297. The molecule has 0 spiro atoms. The van der Waals surface area contributed by atoms with Gasteiger partial charge >= 0.3 is 0 Å². The van der Waals surface area contributed by atoms with Gasteiger partial charge in [-0.15, -0.1) is 0 Å². The van der Waals surface area contributed by atoms with Crippen LogP contribution in [-0.2, 0) is 0 Å². The number of hydrogen-bond donors (Lipinski definition) is 1. The summed E-state index contributed by atoms with van der Waals surface area (Å²) in [6, 6.07) is 17.6. The van der Waals surface area contributed by atoms with Gasteiger partial charge in [-0.3, -0.25) is 14.8 Å². The zero-order chi connectivity index (χ0) is 16.1. The van der Waals surface area contributed by atoms with Crippen molar-refractivity contribution in [1.29, 1.82) is 5.26 Å². The first-order valence-electron chi connectivity index (χ1n) is 6.96. The molecular formula is C18H12N4O. The molecule has 0 atom stereocenters. The van der Waals surface area contributed by atoms with Crippen LogP contribution >= 0.6 is 0 Å². The molecule has 5 nitrogen and oxygen atoms in total. The molecule has 0 radical (unpaired) electrons. The zero-order valence-corrected chi connectivity index (χ0v) is 12.1. The molecule has 0 aliphatic rings. The van der Waals surface area contributed by atoms with Crippen molar-refractivity contribution in [3.8, 4) is 17.5 Å². The van der Waals surface area contributed by atoms with Gasteiger partial charge in [0.05, 0.1) is 22.9 Å². The summed E-state index contributed by atoms with van der Waals surface area (Å²) >= 11 is 0. The molecular weight excluding hydrogens is 288 g/mol. The Bertz CT molecular complexity index is 885. The van der Waals surface area contributed by atoms with Crippen molar-refractivity contribution in [3.63, 3.8) is 0 Å². The molecule has 110 valence electrons. The van der Waals surface area contributed by atoms with Gasteiger partial charge in [0.15, 0.2) is 0 Å². The normalized spacial score (nSPS) is 9.87. The van der Waals surface area contributed by atoms with Crippen LogP contribution in [0.2, 0.25) is 0 Å². The predicted molar refractivity (Wildman–Crippen MR) is 86.6 cm³/mol. The van der Waals surface area contributed by atoms with Crippen LogP contribution < -0.4 is 5.32 Å². The topological polar surface area (TPSA) is 78.7 Å². The summed E-state index contributed by atoms with van der Waals surface area (Å²) in [5.41, 5.74) is 2.61. The van der Waals surface area contributed by atoms with E-state index in [9.17, 15) is 4.79 Å². The molecule has 1 N–H and O–H groups in total. The lowest BCUT2D eigenvalue weighted by Crippen LogP contribution is -2.14. The highest BCUT2D eigenvalue weighted by molar-refractivity contribution is 6.07. The number of amides is 1. The molecule has 3 rings (SSSR count). The molecule has 23 heavy (non-hydrogen) atoms. The molecule has 1 amide bonds. The Morgan fingerprint density at radius 3 is 2.65 bits per heavy atom. The van der Waals surface area contributed by atoms with E-state index in [0.717, 1.165) is 0 Å². The van der Waals surface area contributed by atoms with E-state index in [4.69, 9.17) is 5.26 Å². The lowest BCUT2D eigenvalue weighted by molar-refractivity contribution is 0.102. The number of nitrogens with zero attached hydrogens (tertiary/aromatic N) is 3. The van der Waals surface area contributed by atoms with Crippen molar-refractivity contribution in [2.45, 2.75) is 0 Å². The van der Waals surface area contributed by atoms with Crippen molar-refractivity contribution < 1.29 is 4.79 Å². The van der Waals surface area contributed by atoms with Gasteiger partial charge in [0.25, 0.3) is 5.91 Å². The van der Waals surface area contributed by atoms with Gasteiger partial charge in [-0.05, 0) is 42.5 Å². The van der Waals surface area contributed by atoms with Crippen LogP contribution in [-0.4, -0.2) is 15.9 Å². The zero-order valence-electron chi connectivity index (χ0n) is 12.1. The van der Waals surface area contributed by atoms with Gasteiger partial charge in [-0.2, -0.15) is 5.26 Å². The van der Waals surface area contributed by atoms with E-state index in [1.165, 1.54) is 0 Å². The predicted octanol–water partition coefficient (Wildman–Crippen LogP) is 3.27. The van der Waals surface area contributed by atoms with Crippen molar-refractivity contribution >= 4 is 11.6 Å². The summed E-state index contributed by atoms with van der Waals surface area (Å²) in [5.74, 6) is -0.297. The standard InChI is InChI=1S/C18H12N4O/c19-12-13-5-3-6-14(11-13)22-18(23)15-7-4-10-21-17(15)16-8-1-2-9-20-16/h1-11H,(H,22,23). The molecule has 0 bridgehead atoms. The molecule has 0 saturated heterocycles. The fourth-order valence-electron chi connectivity index (χ4n) is 2.16. The summed E-state index contributed by atoms with van der Waals surface area (Å²) in [7, 11) is 0. The van der Waals surface area contributed by atoms with Gasteiger partial charge in [-0.25, -0.2) is 0 Å². The van der Waals surface area contributed by atoms with E-state index < -0.39 is 0 Å². The lowest BCUT2D eigenvalue weighted by atomic mass is 10.1. The number of rotatable bonds is 3. The number of nitriles is 1. The van der Waals surface area contributed by atoms with Crippen molar-refractivity contribution in [1.82, 2.24) is 9.97 Å². The number of benzene rings is 1. The van der Waals surface area contributed by atoms with Crippen LogP contribution in [0.1, 0.15) is 15.9 Å². The highest BCUT2D eigenvalue weighted by atomic mass is 16.1. The monoisotopic (exact) mass is 300 g/mol. The number of hydrogen-bond acceptors (Lipinski definition) is 4. The van der Waals surface area contributed by atoms with Crippen molar-refractivity contribution in [3.05, 3.63) is 78.1 Å². The molecule has 0 aliphatic heterocycles. The van der Waals surface area contributed by atoms with Gasteiger partial charge < -0.3 is 5.32 Å². The first kappa shape index (κ1) is 14.4. The average molecular weight is 300 g/mol. The van der Waals surface area contributed by atoms with Gasteiger partial charge in [0, 0.05) is 18.1 Å². The molecule has 0 unspecified atom stereocenters. The van der Waals surface area contributed by atoms with E-state index in [0.29, 0.717) is 28.2 Å². The second-order valence-corrected chi connectivity index (χ2v) is 4.76. The molecule has 1 aromatic carbocycles. The second-order valence-electron chi connectivity index (χ2n) is 4.76.